The predicted octanol–water partition coefficient (Wildman–Crippen LogP) is 0.919. The van der Waals surface area contributed by atoms with E-state index in [0.29, 0.717) is 6.54 Å². The summed E-state index contributed by atoms with van der Waals surface area (Å²) >= 11 is 0. The Kier molecular flexibility index (Phi) is 3.16. The van der Waals surface area contributed by atoms with Crippen molar-refractivity contribution in [3.63, 3.8) is 0 Å². The molecule has 0 aliphatic carbocycles. The fourth-order valence-electron chi connectivity index (χ4n) is 1.48. The monoisotopic (exact) mass is 218 g/mol. The van der Waals surface area contributed by atoms with Gasteiger partial charge in [0.15, 0.2) is 0 Å². The molecule has 2 aromatic heterocycles. The van der Waals surface area contributed by atoms with E-state index in [1.54, 1.807) is 23.1 Å². The summed E-state index contributed by atoms with van der Waals surface area (Å²) in [5.41, 5.74) is 2.79. The number of nitrogens with zero attached hydrogens (tertiary/aromatic N) is 3. The molecule has 0 radical (unpaired) electrons. The number of rotatable bonds is 4. The molecule has 0 unspecified atom stereocenters. The maximum absolute atomic E-state index is 9.14. The van der Waals surface area contributed by atoms with Crippen LogP contribution in [0.25, 0.3) is 0 Å². The second kappa shape index (κ2) is 4.76. The Bertz CT molecular complexity index is 467. The maximum atomic E-state index is 9.14. The average Bonchev–Trinajstić information content (AvgIpc) is 2.73. The van der Waals surface area contributed by atoms with Crippen LogP contribution < -0.4 is 5.32 Å². The molecule has 2 aromatic rings. The third-order valence-corrected chi connectivity index (χ3v) is 2.32. The Hall–Kier alpha value is -1.88. The van der Waals surface area contributed by atoms with Crippen LogP contribution in [-0.2, 0) is 20.2 Å². The van der Waals surface area contributed by atoms with E-state index in [4.69, 9.17) is 5.11 Å². The van der Waals surface area contributed by atoms with Crippen LogP contribution >= 0.6 is 0 Å². The quantitative estimate of drug-likeness (QED) is 0.801. The molecule has 0 bridgehead atoms. The molecular formula is C11H14N4O. The van der Waals surface area contributed by atoms with Gasteiger partial charge in [0.1, 0.15) is 0 Å². The molecule has 0 fully saturated rings. The highest BCUT2D eigenvalue weighted by atomic mass is 16.3. The minimum Gasteiger partial charge on any atom is -0.392 e. The molecule has 0 aliphatic heterocycles. The number of anilines is 1. The summed E-state index contributed by atoms with van der Waals surface area (Å²) in [6.07, 6.45) is 7.13. The van der Waals surface area contributed by atoms with E-state index in [-0.39, 0.29) is 6.61 Å². The Morgan fingerprint density at radius 3 is 3.00 bits per heavy atom. The summed E-state index contributed by atoms with van der Waals surface area (Å²) in [7, 11) is 1.88. The number of nitrogens with one attached hydrogen (secondary N) is 1. The summed E-state index contributed by atoms with van der Waals surface area (Å²) in [6, 6.07) is 1.80. The molecule has 0 atom stereocenters. The number of aliphatic hydroxyl groups excluding tert-OH is 1. The van der Waals surface area contributed by atoms with Gasteiger partial charge in [-0.3, -0.25) is 9.67 Å². The van der Waals surface area contributed by atoms with Crippen LogP contribution in [-0.4, -0.2) is 19.9 Å². The standard InChI is InChI=1S/C11H14N4O/c1-15-7-9(5-14-15)4-13-11-6-12-3-2-10(11)8-16/h2-3,5-7,13,16H,4,8H2,1H3. The summed E-state index contributed by atoms with van der Waals surface area (Å²) in [6.45, 7) is 0.685. The van der Waals surface area contributed by atoms with Crippen LogP contribution in [0.3, 0.4) is 0 Å². The molecule has 2 heterocycles. The Morgan fingerprint density at radius 2 is 2.31 bits per heavy atom. The lowest BCUT2D eigenvalue weighted by Gasteiger charge is -2.08. The Morgan fingerprint density at radius 1 is 1.44 bits per heavy atom. The first-order valence-corrected chi connectivity index (χ1v) is 5.04. The Balaban J connectivity index is 2.04. The SMILES string of the molecule is Cn1cc(CNc2cnccc2CO)cn1. The fraction of sp³-hybridized carbons (Fsp3) is 0.273. The largest absolute Gasteiger partial charge is 0.392 e. The van der Waals surface area contributed by atoms with Crippen LogP contribution in [0.4, 0.5) is 5.69 Å². The van der Waals surface area contributed by atoms with E-state index in [1.807, 2.05) is 19.4 Å². The molecule has 16 heavy (non-hydrogen) atoms. The van der Waals surface area contributed by atoms with Crippen LogP contribution in [0, 0.1) is 0 Å². The van der Waals surface area contributed by atoms with Crippen LogP contribution in [0.2, 0.25) is 0 Å². The van der Waals surface area contributed by atoms with E-state index >= 15 is 0 Å². The van der Waals surface area contributed by atoms with E-state index < -0.39 is 0 Å². The van der Waals surface area contributed by atoms with Gasteiger partial charge in [0.05, 0.1) is 24.7 Å². The lowest BCUT2D eigenvalue weighted by Crippen LogP contribution is -2.02. The van der Waals surface area contributed by atoms with Gasteiger partial charge in [-0.15, -0.1) is 0 Å². The van der Waals surface area contributed by atoms with Crippen molar-refractivity contribution in [2.24, 2.45) is 7.05 Å². The Labute approximate surface area is 93.8 Å². The maximum Gasteiger partial charge on any atom is 0.0703 e. The summed E-state index contributed by atoms with van der Waals surface area (Å²) in [5, 5.41) is 16.4. The van der Waals surface area contributed by atoms with Gasteiger partial charge in [-0.05, 0) is 6.07 Å². The van der Waals surface area contributed by atoms with E-state index in [9.17, 15) is 0 Å². The van der Waals surface area contributed by atoms with Crippen molar-refractivity contribution in [3.8, 4) is 0 Å². The molecule has 0 spiro atoms. The lowest BCUT2D eigenvalue weighted by molar-refractivity contribution is 0.282. The molecule has 0 saturated heterocycles. The van der Waals surface area contributed by atoms with Gasteiger partial charge in [0.2, 0.25) is 0 Å². The first-order valence-electron chi connectivity index (χ1n) is 5.04. The zero-order valence-electron chi connectivity index (χ0n) is 9.09. The highest BCUT2D eigenvalue weighted by molar-refractivity contribution is 5.48. The van der Waals surface area contributed by atoms with E-state index in [0.717, 1.165) is 16.8 Å². The van der Waals surface area contributed by atoms with Gasteiger partial charge in [-0.2, -0.15) is 5.10 Å². The van der Waals surface area contributed by atoms with Crippen molar-refractivity contribution in [2.45, 2.75) is 13.2 Å². The van der Waals surface area contributed by atoms with Crippen molar-refractivity contribution < 1.29 is 5.11 Å². The van der Waals surface area contributed by atoms with E-state index in [2.05, 4.69) is 15.4 Å². The van der Waals surface area contributed by atoms with Crippen molar-refractivity contribution >= 4 is 5.69 Å². The topological polar surface area (TPSA) is 63.0 Å². The highest BCUT2D eigenvalue weighted by Gasteiger charge is 2.01. The first kappa shape index (κ1) is 10.6. The fourth-order valence-corrected chi connectivity index (χ4v) is 1.48. The smallest absolute Gasteiger partial charge is 0.0703 e. The number of aromatic nitrogens is 3. The zero-order chi connectivity index (χ0) is 11.4. The summed E-state index contributed by atoms with van der Waals surface area (Å²) in [5.74, 6) is 0. The average molecular weight is 218 g/mol. The molecular weight excluding hydrogens is 204 g/mol. The first-order chi connectivity index (χ1) is 7.79. The molecule has 5 heteroatoms. The second-order valence-corrected chi connectivity index (χ2v) is 3.57. The summed E-state index contributed by atoms with van der Waals surface area (Å²) in [4.78, 5) is 4.02. The molecule has 84 valence electrons. The minimum absolute atomic E-state index is 0.0118. The van der Waals surface area contributed by atoms with Gasteiger partial charge in [0.25, 0.3) is 0 Å². The number of pyridine rings is 1. The second-order valence-electron chi connectivity index (χ2n) is 3.57. The third-order valence-electron chi connectivity index (χ3n) is 2.32. The molecule has 2 N–H and O–H groups in total. The highest BCUT2D eigenvalue weighted by Crippen LogP contribution is 2.14. The van der Waals surface area contributed by atoms with Crippen molar-refractivity contribution in [2.75, 3.05) is 5.32 Å². The van der Waals surface area contributed by atoms with Gasteiger partial charge in [-0.1, -0.05) is 0 Å². The summed E-state index contributed by atoms with van der Waals surface area (Å²) < 4.78 is 1.76. The molecule has 0 aliphatic rings. The van der Waals surface area contributed by atoms with Crippen molar-refractivity contribution in [1.29, 1.82) is 0 Å². The van der Waals surface area contributed by atoms with Crippen molar-refractivity contribution in [1.82, 2.24) is 14.8 Å². The van der Waals surface area contributed by atoms with Crippen LogP contribution in [0.15, 0.2) is 30.9 Å². The van der Waals surface area contributed by atoms with Crippen LogP contribution in [0.5, 0.6) is 0 Å². The normalized spacial score (nSPS) is 10.4. The van der Waals surface area contributed by atoms with E-state index in [1.165, 1.54) is 0 Å². The zero-order valence-corrected chi connectivity index (χ0v) is 9.09. The van der Waals surface area contributed by atoms with Gasteiger partial charge >= 0.3 is 0 Å². The lowest BCUT2D eigenvalue weighted by atomic mass is 10.2. The molecule has 0 amide bonds. The van der Waals surface area contributed by atoms with Gasteiger partial charge in [-0.25, -0.2) is 0 Å². The number of aliphatic hydroxyl groups is 1. The predicted molar refractivity (Wildman–Crippen MR) is 60.7 cm³/mol. The molecule has 2 rings (SSSR count). The van der Waals surface area contributed by atoms with Crippen molar-refractivity contribution in [3.05, 3.63) is 42.0 Å². The number of hydrogen-bond acceptors (Lipinski definition) is 4. The number of aryl methyl sites for hydroxylation is 1. The van der Waals surface area contributed by atoms with Gasteiger partial charge < -0.3 is 10.4 Å². The molecule has 5 nitrogen and oxygen atoms in total. The molecule has 0 aromatic carbocycles. The minimum atomic E-state index is 0.0118. The third kappa shape index (κ3) is 2.38. The van der Waals surface area contributed by atoms with Crippen LogP contribution in [0.1, 0.15) is 11.1 Å². The van der Waals surface area contributed by atoms with Gasteiger partial charge in [0, 0.05) is 37.1 Å². The number of hydrogen-bond donors (Lipinski definition) is 2. The molecule has 0 saturated carbocycles.